The fraction of sp³-hybridized carbons (Fsp3) is 0.222. The van der Waals surface area contributed by atoms with E-state index in [0.717, 1.165) is 38.2 Å². The van der Waals surface area contributed by atoms with Gasteiger partial charge in [0.2, 0.25) is 0 Å². The second-order valence-electron chi connectivity index (χ2n) is 5.39. The summed E-state index contributed by atoms with van der Waals surface area (Å²) in [5.41, 5.74) is 4.54. The Morgan fingerprint density at radius 1 is 0.684 bits per heavy atom. The lowest BCUT2D eigenvalue weighted by Gasteiger charge is -2.13. The minimum Gasteiger partial charge on any atom is -0.206 e. The van der Waals surface area contributed by atoms with Crippen LogP contribution in [0.15, 0.2) is 30.3 Å². The fourth-order valence-corrected chi connectivity index (χ4v) is 2.81. The summed E-state index contributed by atoms with van der Waals surface area (Å²) in [6.45, 7) is 8.15. The molecule has 0 aliphatic rings. The molecule has 0 spiro atoms. The third kappa shape index (κ3) is 1.65. The average molecular weight is 252 g/mol. The first-order valence-corrected chi connectivity index (χ1v) is 6.59. The average Bonchev–Trinajstić information content (AvgIpc) is 2.38. The van der Waals surface area contributed by atoms with Crippen LogP contribution in [0, 0.1) is 33.5 Å². The molecule has 0 bridgehead atoms. The molecule has 0 nitrogen and oxygen atoms in total. The Hall–Kier alpha value is -1.89. The van der Waals surface area contributed by atoms with Crippen LogP contribution in [0.3, 0.4) is 0 Å². The molecule has 3 rings (SSSR count). The van der Waals surface area contributed by atoms with Gasteiger partial charge in [-0.1, -0.05) is 24.3 Å². The van der Waals surface area contributed by atoms with Crippen molar-refractivity contribution < 1.29 is 4.39 Å². The van der Waals surface area contributed by atoms with Crippen molar-refractivity contribution >= 4 is 21.5 Å². The van der Waals surface area contributed by atoms with Crippen molar-refractivity contribution in [1.82, 2.24) is 0 Å². The summed E-state index contributed by atoms with van der Waals surface area (Å²) in [6.07, 6.45) is 0. The van der Waals surface area contributed by atoms with Gasteiger partial charge in [-0.3, -0.25) is 0 Å². The number of aryl methyl sites for hydroxylation is 4. The van der Waals surface area contributed by atoms with E-state index in [4.69, 9.17) is 0 Å². The van der Waals surface area contributed by atoms with E-state index in [2.05, 4.69) is 32.0 Å². The van der Waals surface area contributed by atoms with Crippen molar-refractivity contribution in [2.24, 2.45) is 0 Å². The molecule has 0 atom stereocenters. The lowest BCUT2D eigenvalue weighted by molar-refractivity contribution is 0.640. The molecule has 0 aliphatic carbocycles. The fourth-order valence-electron chi connectivity index (χ4n) is 2.81. The monoisotopic (exact) mass is 252 g/mol. The Morgan fingerprint density at radius 2 is 1.26 bits per heavy atom. The van der Waals surface area contributed by atoms with Gasteiger partial charge in [-0.25, -0.2) is 4.39 Å². The van der Waals surface area contributed by atoms with E-state index in [1.165, 1.54) is 5.56 Å². The Bertz CT molecular complexity index is 813. The van der Waals surface area contributed by atoms with Crippen LogP contribution in [0.4, 0.5) is 4.39 Å². The molecule has 0 heterocycles. The van der Waals surface area contributed by atoms with Crippen molar-refractivity contribution in [3.8, 4) is 0 Å². The molecular weight excluding hydrogens is 235 g/mol. The first kappa shape index (κ1) is 12.2. The van der Waals surface area contributed by atoms with Gasteiger partial charge < -0.3 is 0 Å². The highest BCUT2D eigenvalue weighted by Gasteiger charge is 2.12. The smallest absolute Gasteiger partial charge is 0.131 e. The van der Waals surface area contributed by atoms with E-state index >= 15 is 0 Å². The van der Waals surface area contributed by atoms with Crippen LogP contribution >= 0.6 is 0 Å². The lowest BCUT2D eigenvalue weighted by Crippen LogP contribution is -1.92. The third-order valence-corrected chi connectivity index (χ3v) is 4.32. The summed E-state index contributed by atoms with van der Waals surface area (Å²) in [5, 5.41) is 3.94. The SMILES string of the molecule is Cc1ccc2c(cc(F)c3c(C)c(C)ccc32)c1C. The van der Waals surface area contributed by atoms with Gasteiger partial charge in [0, 0.05) is 5.39 Å². The molecule has 3 aromatic rings. The van der Waals surface area contributed by atoms with Crippen molar-refractivity contribution in [2.45, 2.75) is 27.7 Å². The van der Waals surface area contributed by atoms with Crippen LogP contribution < -0.4 is 0 Å². The molecule has 96 valence electrons. The lowest BCUT2D eigenvalue weighted by atomic mass is 9.92. The van der Waals surface area contributed by atoms with E-state index in [1.54, 1.807) is 6.07 Å². The minimum absolute atomic E-state index is 0.114. The number of hydrogen-bond donors (Lipinski definition) is 0. The van der Waals surface area contributed by atoms with Crippen LogP contribution in [0.25, 0.3) is 21.5 Å². The van der Waals surface area contributed by atoms with E-state index < -0.39 is 0 Å². The van der Waals surface area contributed by atoms with Gasteiger partial charge in [-0.05, 0) is 72.2 Å². The van der Waals surface area contributed by atoms with Crippen LogP contribution in [-0.4, -0.2) is 0 Å². The molecule has 0 fully saturated rings. The highest BCUT2D eigenvalue weighted by Crippen LogP contribution is 2.33. The maximum absolute atomic E-state index is 14.5. The molecule has 19 heavy (non-hydrogen) atoms. The quantitative estimate of drug-likeness (QED) is 0.472. The second kappa shape index (κ2) is 4.06. The van der Waals surface area contributed by atoms with Crippen molar-refractivity contribution in [2.75, 3.05) is 0 Å². The van der Waals surface area contributed by atoms with Gasteiger partial charge in [0.05, 0.1) is 0 Å². The molecule has 0 amide bonds. The normalized spacial score (nSPS) is 11.4. The summed E-state index contributed by atoms with van der Waals surface area (Å²) < 4.78 is 14.5. The minimum atomic E-state index is -0.114. The topological polar surface area (TPSA) is 0 Å². The third-order valence-electron chi connectivity index (χ3n) is 4.32. The molecule has 0 N–H and O–H groups in total. The van der Waals surface area contributed by atoms with Gasteiger partial charge in [0.25, 0.3) is 0 Å². The Morgan fingerprint density at radius 3 is 1.95 bits per heavy atom. The van der Waals surface area contributed by atoms with Crippen molar-refractivity contribution in [3.05, 3.63) is 58.4 Å². The molecule has 0 saturated heterocycles. The maximum Gasteiger partial charge on any atom is 0.131 e. The van der Waals surface area contributed by atoms with Gasteiger partial charge in [-0.15, -0.1) is 0 Å². The standard InChI is InChI=1S/C18H17F/c1-10-5-7-14-15-8-6-11(2)13(4)18(15)17(19)9-16(14)12(10)3/h5-9H,1-4H3. The van der Waals surface area contributed by atoms with Crippen LogP contribution in [0.5, 0.6) is 0 Å². The first-order valence-electron chi connectivity index (χ1n) is 6.59. The molecule has 3 aromatic carbocycles. The highest BCUT2D eigenvalue weighted by molar-refractivity contribution is 6.10. The highest BCUT2D eigenvalue weighted by atomic mass is 19.1. The zero-order valence-corrected chi connectivity index (χ0v) is 11.8. The van der Waals surface area contributed by atoms with E-state index in [1.807, 2.05) is 19.9 Å². The second-order valence-corrected chi connectivity index (χ2v) is 5.39. The summed E-state index contributed by atoms with van der Waals surface area (Å²) >= 11 is 0. The summed E-state index contributed by atoms with van der Waals surface area (Å²) in [5.74, 6) is -0.114. The molecule has 1 heteroatoms. The van der Waals surface area contributed by atoms with Crippen LogP contribution in [-0.2, 0) is 0 Å². The van der Waals surface area contributed by atoms with Crippen LogP contribution in [0.1, 0.15) is 22.3 Å². The molecular formula is C18H17F. The molecule has 0 radical (unpaired) electrons. The summed E-state index contributed by atoms with van der Waals surface area (Å²) in [6, 6.07) is 10.0. The van der Waals surface area contributed by atoms with Gasteiger partial charge >= 0.3 is 0 Å². The van der Waals surface area contributed by atoms with Gasteiger partial charge in [0.15, 0.2) is 0 Å². The predicted molar refractivity (Wildman–Crippen MR) is 80.4 cm³/mol. The number of rotatable bonds is 0. The predicted octanol–water partition coefficient (Wildman–Crippen LogP) is 5.37. The number of benzene rings is 3. The Balaban J connectivity index is 2.62. The molecule has 0 unspecified atom stereocenters. The zero-order chi connectivity index (χ0) is 13.7. The van der Waals surface area contributed by atoms with Crippen molar-refractivity contribution in [1.29, 1.82) is 0 Å². The number of halogens is 1. The first-order chi connectivity index (χ1) is 9.00. The van der Waals surface area contributed by atoms with E-state index in [-0.39, 0.29) is 5.82 Å². The van der Waals surface area contributed by atoms with Gasteiger partial charge in [0.1, 0.15) is 5.82 Å². The largest absolute Gasteiger partial charge is 0.206 e. The van der Waals surface area contributed by atoms with Crippen LogP contribution in [0.2, 0.25) is 0 Å². The number of fused-ring (bicyclic) bond motifs is 3. The molecule has 0 aromatic heterocycles. The maximum atomic E-state index is 14.5. The molecule has 0 aliphatic heterocycles. The van der Waals surface area contributed by atoms with E-state index in [9.17, 15) is 4.39 Å². The molecule has 0 saturated carbocycles. The van der Waals surface area contributed by atoms with Crippen molar-refractivity contribution in [3.63, 3.8) is 0 Å². The van der Waals surface area contributed by atoms with E-state index in [0.29, 0.717) is 0 Å². The summed E-state index contributed by atoms with van der Waals surface area (Å²) in [7, 11) is 0. The summed E-state index contributed by atoms with van der Waals surface area (Å²) in [4.78, 5) is 0. The number of hydrogen-bond acceptors (Lipinski definition) is 0. The van der Waals surface area contributed by atoms with Gasteiger partial charge in [-0.2, -0.15) is 0 Å². The Labute approximate surface area is 112 Å². The Kier molecular flexibility index (Phi) is 2.60. The zero-order valence-electron chi connectivity index (χ0n) is 11.8.